The summed E-state index contributed by atoms with van der Waals surface area (Å²) in [4.78, 5) is 13.9. The number of carbonyl (C=O) groups is 1. The standard InChI is InChI=1S/C17H22N2O/c1-4-10-15(11-5-2)19(14-17(20)18-6-3)16-12-8-7-9-13-16/h4-5,7-13H,1,6,14H2,2-3H3,(H,18,20)/b11-5-,15-10+. The molecule has 3 heteroatoms. The molecule has 0 aliphatic rings. The van der Waals surface area contributed by atoms with Gasteiger partial charge in [0.05, 0.1) is 0 Å². The fourth-order valence-electron chi connectivity index (χ4n) is 1.86. The number of nitrogens with one attached hydrogen (secondary N) is 1. The smallest absolute Gasteiger partial charge is 0.239 e. The van der Waals surface area contributed by atoms with Crippen molar-refractivity contribution in [2.75, 3.05) is 18.0 Å². The molecule has 0 fully saturated rings. The zero-order valence-electron chi connectivity index (χ0n) is 12.2. The first-order chi connectivity index (χ1) is 9.72. The van der Waals surface area contributed by atoms with E-state index in [4.69, 9.17) is 0 Å². The van der Waals surface area contributed by atoms with Crippen LogP contribution in [0.25, 0.3) is 0 Å². The lowest BCUT2D eigenvalue weighted by molar-refractivity contribution is -0.119. The molecule has 0 radical (unpaired) electrons. The molecule has 1 aromatic carbocycles. The van der Waals surface area contributed by atoms with Crippen molar-refractivity contribution in [1.29, 1.82) is 0 Å². The SMILES string of the molecule is C=C/C=C(\C=C/C)N(CC(=O)NCC)c1ccccc1. The number of carbonyl (C=O) groups excluding carboxylic acids is 1. The van der Waals surface area contributed by atoms with Gasteiger partial charge in [-0.2, -0.15) is 0 Å². The zero-order valence-corrected chi connectivity index (χ0v) is 12.2. The van der Waals surface area contributed by atoms with Gasteiger partial charge in [0.25, 0.3) is 0 Å². The van der Waals surface area contributed by atoms with Crippen molar-refractivity contribution in [2.45, 2.75) is 13.8 Å². The number of hydrogen-bond donors (Lipinski definition) is 1. The van der Waals surface area contributed by atoms with Crippen LogP contribution in [0, 0.1) is 0 Å². The van der Waals surface area contributed by atoms with Gasteiger partial charge in [0, 0.05) is 17.9 Å². The predicted octanol–water partition coefficient (Wildman–Crippen LogP) is 3.28. The van der Waals surface area contributed by atoms with E-state index in [0.29, 0.717) is 6.54 Å². The largest absolute Gasteiger partial charge is 0.355 e. The molecule has 1 rings (SSSR count). The van der Waals surface area contributed by atoms with Crippen molar-refractivity contribution in [2.24, 2.45) is 0 Å². The molecule has 0 heterocycles. The monoisotopic (exact) mass is 270 g/mol. The quantitative estimate of drug-likeness (QED) is 0.771. The third-order valence-corrected chi connectivity index (χ3v) is 2.68. The van der Waals surface area contributed by atoms with E-state index >= 15 is 0 Å². The van der Waals surface area contributed by atoms with Gasteiger partial charge in [0.15, 0.2) is 0 Å². The lowest BCUT2D eigenvalue weighted by Crippen LogP contribution is -2.36. The Balaban J connectivity index is 3.09. The van der Waals surface area contributed by atoms with Gasteiger partial charge in [-0.3, -0.25) is 4.79 Å². The first-order valence-electron chi connectivity index (χ1n) is 6.77. The second-order valence-electron chi connectivity index (χ2n) is 4.20. The van der Waals surface area contributed by atoms with Gasteiger partial charge in [-0.1, -0.05) is 36.9 Å². The summed E-state index contributed by atoms with van der Waals surface area (Å²) in [5, 5.41) is 2.83. The van der Waals surface area contributed by atoms with Gasteiger partial charge in [-0.25, -0.2) is 0 Å². The molecular weight excluding hydrogens is 248 g/mol. The molecule has 1 N–H and O–H groups in total. The number of hydrogen-bond acceptors (Lipinski definition) is 2. The summed E-state index contributed by atoms with van der Waals surface area (Å²) in [6.07, 6.45) is 7.53. The summed E-state index contributed by atoms with van der Waals surface area (Å²) in [6, 6.07) is 9.85. The van der Waals surface area contributed by atoms with Gasteiger partial charge >= 0.3 is 0 Å². The lowest BCUT2D eigenvalue weighted by Gasteiger charge is -2.25. The molecule has 1 amide bonds. The Kier molecular flexibility index (Phi) is 6.90. The van der Waals surface area contributed by atoms with E-state index in [1.165, 1.54) is 0 Å². The summed E-state index contributed by atoms with van der Waals surface area (Å²) in [6.45, 7) is 8.51. The van der Waals surface area contributed by atoms with Crippen LogP contribution < -0.4 is 10.2 Å². The Bertz CT molecular complexity index is 489. The number of para-hydroxylation sites is 1. The highest BCUT2D eigenvalue weighted by Crippen LogP contribution is 2.19. The minimum Gasteiger partial charge on any atom is -0.355 e. The number of likely N-dealkylation sites (N-methyl/N-ethyl adjacent to an activating group) is 1. The van der Waals surface area contributed by atoms with Crippen molar-refractivity contribution in [3.05, 3.63) is 66.9 Å². The molecular formula is C17H22N2O. The van der Waals surface area contributed by atoms with Crippen LogP contribution in [-0.2, 0) is 4.79 Å². The average Bonchev–Trinajstić information content (AvgIpc) is 2.46. The first kappa shape index (κ1) is 15.8. The van der Waals surface area contributed by atoms with Crippen molar-refractivity contribution < 1.29 is 4.79 Å². The van der Waals surface area contributed by atoms with Gasteiger partial charge in [-0.05, 0) is 38.1 Å². The number of anilines is 1. The Morgan fingerprint density at radius 1 is 1.35 bits per heavy atom. The highest BCUT2D eigenvalue weighted by atomic mass is 16.2. The fourth-order valence-corrected chi connectivity index (χ4v) is 1.86. The molecule has 3 nitrogen and oxygen atoms in total. The predicted molar refractivity (Wildman–Crippen MR) is 85.6 cm³/mol. The number of rotatable bonds is 7. The van der Waals surface area contributed by atoms with E-state index in [9.17, 15) is 4.79 Å². The molecule has 1 aromatic rings. The van der Waals surface area contributed by atoms with Gasteiger partial charge in [-0.15, -0.1) is 0 Å². The normalized spacial score (nSPS) is 11.4. The second-order valence-corrected chi connectivity index (χ2v) is 4.20. The number of nitrogens with zero attached hydrogens (tertiary/aromatic N) is 1. The maximum atomic E-state index is 11.9. The Labute approximate surface area is 121 Å². The van der Waals surface area contributed by atoms with Crippen LogP contribution >= 0.6 is 0 Å². The summed E-state index contributed by atoms with van der Waals surface area (Å²) in [7, 11) is 0. The summed E-state index contributed by atoms with van der Waals surface area (Å²) >= 11 is 0. The maximum absolute atomic E-state index is 11.9. The average molecular weight is 270 g/mol. The van der Waals surface area contributed by atoms with E-state index in [-0.39, 0.29) is 12.5 Å². The van der Waals surface area contributed by atoms with Crippen molar-refractivity contribution in [3.63, 3.8) is 0 Å². The maximum Gasteiger partial charge on any atom is 0.239 e. The third kappa shape index (κ3) is 4.76. The van der Waals surface area contributed by atoms with E-state index in [2.05, 4.69) is 11.9 Å². The van der Waals surface area contributed by atoms with E-state index in [1.54, 1.807) is 6.08 Å². The molecule has 0 atom stereocenters. The van der Waals surface area contributed by atoms with Crippen molar-refractivity contribution in [3.8, 4) is 0 Å². The summed E-state index contributed by atoms with van der Waals surface area (Å²) in [5.74, 6) is -0.00387. The van der Waals surface area contributed by atoms with E-state index < -0.39 is 0 Å². The Morgan fingerprint density at radius 3 is 2.60 bits per heavy atom. The number of allylic oxidation sites excluding steroid dienone is 4. The Morgan fingerprint density at radius 2 is 2.05 bits per heavy atom. The third-order valence-electron chi connectivity index (χ3n) is 2.68. The lowest BCUT2D eigenvalue weighted by atomic mass is 10.2. The van der Waals surface area contributed by atoms with Crippen LogP contribution in [0.15, 0.2) is 66.9 Å². The molecule has 106 valence electrons. The Hall–Kier alpha value is -2.29. The van der Waals surface area contributed by atoms with Crippen LogP contribution in [0.1, 0.15) is 13.8 Å². The van der Waals surface area contributed by atoms with E-state index in [1.807, 2.05) is 67.3 Å². The number of benzene rings is 1. The van der Waals surface area contributed by atoms with Gasteiger partial charge in [0.2, 0.25) is 5.91 Å². The molecule has 0 saturated heterocycles. The van der Waals surface area contributed by atoms with Crippen LogP contribution in [0.2, 0.25) is 0 Å². The first-order valence-corrected chi connectivity index (χ1v) is 6.77. The van der Waals surface area contributed by atoms with Gasteiger partial charge in [0.1, 0.15) is 6.54 Å². The summed E-state index contributed by atoms with van der Waals surface area (Å²) in [5.41, 5.74) is 1.91. The summed E-state index contributed by atoms with van der Waals surface area (Å²) < 4.78 is 0. The second kappa shape index (κ2) is 8.75. The highest BCUT2D eigenvalue weighted by molar-refractivity contribution is 5.82. The highest BCUT2D eigenvalue weighted by Gasteiger charge is 2.13. The zero-order chi connectivity index (χ0) is 14.8. The minimum atomic E-state index is -0.00387. The topological polar surface area (TPSA) is 32.3 Å². The molecule has 0 bridgehead atoms. The van der Waals surface area contributed by atoms with Crippen LogP contribution in [0.5, 0.6) is 0 Å². The fraction of sp³-hybridized carbons (Fsp3) is 0.235. The number of amides is 1. The molecule has 0 unspecified atom stereocenters. The molecule has 0 aliphatic carbocycles. The van der Waals surface area contributed by atoms with Crippen LogP contribution in [0.3, 0.4) is 0 Å². The van der Waals surface area contributed by atoms with Gasteiger partial charge < -0.3 is 10.2 Å². The molecule has 0 aromatic heterocycles. The minimum absolute atomic E-state index is 0.00387. The molecule has 0 saturated carbocycles. The van der Waals surface area contributed by atoms with Crippen LogP contribution in [0.4, 0.5) is 5.69 Å². The molecule has 0 aliphatic heterocycles. The molecule has 20 heavy (non-hydrogen) atoms. The van der Waals surface area contributed by atoms with Crippen molar-refractivity contribution >= 4 is 11.6 Å². The van der Waals surface area contributed by atoms with Crippen LogP contribution in [-0.4, -0.2) is 19.0 Å². The molecule has 0 spiro atoms. The van der Waals surface area contributed by atoms with E-state index in [0.717, 1.165) is 11.4 Å². The van der Waals surface area contributed by atoms with Crippen molar-refractivity contribution in [1.82, 2.24) is 5.32 Å².